The van der Waals surface area contributed by atoms with Gasteiger partial charge in [-0.25, -0.2) is 0 Å². The maximum Gasteiger partial charge on any atom is 0.246 e. The molecule has 0 saturated heterocycles. The van der Waals surface area contributed by atoms with Crippen LogP contribution >= 0.6 is 0 Å². The summed E-state index contributed by atoms with van der Waals surface area (Å²) in [6.07, 6.45) is 23.8. The summed E-state index contributed by atoms with van der Waals surface area (Å²) in [4.78, 5) is 12.8. The minimum absolute atomic E-state index is 0.0447. The fourth-order valence-corrected chi connectivity index (χ4v) is 8.22. The van der Waals surface area contributed by atoms with Crippen LogP contribution in [0.1, 0.15) is 150 Å². The molecule has 1 amide bonds. The van der Waals surface area contributed by atoms with Gasteiger partial charge in [0.15, 0.2) is 0 Å². The molecular formula is C31H56N2O3. The van der Waals surface area contributed by atoms with Gasteiger partial charge in [0.2, 0.25) is 5.91 Å². The number of nitrogens with one attached hydrogen (secondary N) is 2. The monoisotopic (exact) mass is 504 g/mol. The van der Waals surface area contributed by atoms with Crippen molar-refractivity contribution >= 4 is 5.91 Å². The first kappa shape index (κ1) is 28.4. The second kappa shape index (κ2) is 12.0. The molecule has 5 rings (SSSR count). The van der Waals surface area contributed by atoms with Crippen LogP contribution in [0.4, 0.5) is 0 Å². The van der Waals surface area contributed by atoms with Crippen LogP contribution in [0.3, 0.4) is 0 Å². The van der Waals surface area contributed by atoms with Gasteiger partial charge in [0.25, 0.3) is 0 Å². The van der Waals surface area contributed by atoms with E-state index in [2.05, 4.69) is 38.3 Å². The molecule has 5 aliphatic rings. The highest BCUT2D eigenvalue weighted by Crippen LogP contribution is 2.56. The normalized spacial score (nSPS) is 31.4. The quantitative estimate of drug-likeness (QED) is 0.327. The molecule has 0 spiro atoms. The van der Waals surface area contributed by atoms with Gasteiger partial charge in [-0.05, 0) is 85.0 Å². The predicted molar refractivity (Wildman–Crippen MR) is 147 cm³/mol. The van der Waals surface area contributed by atoms with Crippen molar-refractivity contribution in [2.45, 2.75) is 178 Å². The summed E-state index contributed by atoms with van der Waals surface area (Å²) in [5.41, 5.74) is -0.471. The molecule has 0 aromatic carbocycles. The number of hydrogen-bond donors (Lipinski definition) is 2. The van der Waals surface area contributed by atoms with Crippen molar-refractivity contribution in [3.8, 4) is 0 Å². The van der Waals surface area contributed by atoms with Crippen LogP contribution in [-0.2, 0) is 14.3 Å². The first-order valence-corrected chi connectivity index (χ1v) is 15.5. The van der Waals surface area contributed by atoms with Crippen LogP contribution in [0, 0.1) is 5.92 Å². The molecule has 2 bridgehead atoms. The number of hydrogen-bond acceptors (Lipinski definition) is 4. The van der Waals surface area contributed by atoms with E-state index in [1.54, 1.807) is 0 Å². The smallest absolute Gasteiger partial charge is 0.246 e. The lowest BCUT2D eigenvalue weighted by Gasteiger charge is -2.53. The molecule has 5 fully saturated rings. The van der Waals surface area contributed by atoms with Crippen LogP contribution in [0.25, 0.3) is 0 Å². The largest absolute Gasteiger partial charge is 0.368 e. The fourth-order valence-electron chi connectivity index (χ4n) is 8.22. The van der Waals surface area contributed by atoms with E-state index in [-0.39, 0.29) is 41.0 Å². The van der Waals surface area contributed by atoms with E-state index >= 15 is 0 Å². The van der Waals surface area contributed by atoms with Gasteiger partial charge >= 0.3 is 0 Å². The summed E-state index contributed by atoms with van der Waals surface area (Å²) in [6.45, 7) is 9.23. The number of fused-ring (bicyclic) bond motifs is 1. The lowest BCUT2D eigenvalue weighted by molar-refractivity contribution is -0.181. The minimum Gasteiger partial charge on any atom is -0.368 e. The maximum absolute atomic E-state index is 12.8. The summed E-state index contributed by atoms with van der Waals surface area (Å²) in [5, 5.41) is 7.30. The molecule has 5 nitrogen and oxygen atoms in total. The molecule has 208 valence electrons. The zero-order chi connectivity index (χ0) is 25.7. The number of rotatable bonds is 9. The van der Waals surface area contributed by atoms with E-state index in [0.717, 1.165) is 38.5 Å². The van der Waals surface area contributed by atoms with Gasteiger partial charge in [-0.2, -0.15) is 0 Å². The van der Waals surface area contributed by atoms with Gasteiger partial charge in [-0.3, -0.25) is 10.1 Å². The van der Waals surface area contributed by atoms with Crippen molar-refractivity contribution in [1.82, 2.24) is 10.6 Å². The highest BCUT2D eigenvalue weighted by atomic mass is 16.5. The van der Waals surface area contributed by atoms with Crippen molar-refractivity contribution in [2.24, 2.45) is 5.92 Å². The van der Waals surface area contributed by atoms with Crippen LogP contribution < -0.4 is 10.6 Å². The average Bonchev–Trinajstić information content (AvgIpc) is 3.29. The molecule has 36 heavy (non-hydrogen) atoms. The first-order chi connectivity index (χ1) is 17.1. The zero-order valence-electron chi connectivity index (χ0n) is 24.0. The predicted octanol–water partition coefficient (Wildman–Crippen LogP) is 7.17. The van der Waals surface area contributed by atoms with Gasteiger partial charge in [-0.15, -0.1) is 0 Å². The Balaban J connectivity index is 1.22. The molecule has 0 heterocycles. The van der Waals surface area contributed by atoms with Gasteiger partial charge < -0.3 is 14.8 Å². The molecule has 2 N–H and O–H groups in total. The molecule has 5 heteroatoms. The lowest BCUT2D eigenvalue weighted by Crippen LogP contribution is -2.68. The highest BCUT2D eigenvalue weighted by molar-refractivity contribution is 5.78. The third-order valence-electron chi connectivity index (χ3n) is 9.77. The van der Waals surface area contributed by atoms with E-state index in [4.69, 9.17) is 9.47 Å². The number of carbonyl (C=O) groups is 1. The number of carbonyl (C=O) groups excluding carboxylic acids is 1. The maximum atomic E-state index is 12.8. The summed E-state index contributed by atoms with van der Waals surface area (Å²) < 4.78 is 12.9. The van der Waals surface area contributed by atoms with Gasteiger partial charge in [0.05, 0.1) is 11.7 Å². The fraction of sp³-hybridized carbons (Fsp3) is 0.968. The zero-order valence-corrected chi connectivity index (χ0v) is 24.0. The second-order valence-corrected chi connectivity index (χ2v) is 14.0. The van der Waals surface area contributed by atoms with Crippen molar-refractivity contribution in [1.29, 1.82) is 0 Å². The summed E-state index contributed by atoms with van der Waals surface area (Å²) in [6, 6.07) is 0. The third kappa shape index (κ3) is 7.69. The molecule has 5 aliphatic carbocycles. The van der Waals surface area contributed by atoms with Crippen molar-refractivity contribution < 1.29 is 14.3 Å². The second-order valence-electron chi connectivity index (χ2n) is 14.0. The van der Waals surface area contributed by atoms with Crippen LogP contribution in [0.5, 0.6) is 0 Å². The molecule has 0 aliphatic heterocycles. The van der Waals surface area contributed by atoms with Crippen molar-refractivity contribution in [2.75, 3.05) is 6.61 Å². The Morgan fingerprint density at radius 2 is 1.25 bits per heavy atom. The Bertz CT molecular complexity index is 695. The Morgan fingerprint density at radius 3 is 1.83 bits per heavy atom. The molecule has 0 radical (unpaired) electrons. The highest BCUT2D eigenvalue weighted by Gasteiger charge is 2.62. The Kier molecular flexibility index (Phi) is 9.48. The summed E-state index contributed by atoms with van der Waals surface area (Å²) >= 11 is 0. The topological polar surface area (TPSA) is 59.6 Å². The molecular weight excluding hydrogens is 448 g/mol. The van der Waals surface area contributed by atoms with Crippen molar-refractivity contribution in [3.05, 3.63) is 0 Å². The summed E-state index contributed by atoms with van der Waals surface area (Å²) in [7, 11) is 0. The molecule has 0 aromatic heterocycles. The summed E-state index contributed by atoms with van der Waals surface area (Å²) in [5.74, 6) is 0.702. The minimum atomic E-state index is -0.383. The molecule has 5 saturated carbocycles. The van der Waals surface area contributed by atoms with Gasteiger partial charge in [0, 0.05) is 11.1 Å². The standard InChI is InChI=1S/C31H56N2O3/c1-28(2,25-16-12-8-7-9-13-17-25)36-29(3,4)33-31-21-20-30(23-31,24-31)32-27(34)22-35-26-18-14-10-5-6-11-15-19-26/h25-26,33H,5-24H2,1-4H3,(H,32,34). The third-order valence-corrected chi connectivity index (χ3v) is 9.77. The number of ether oxygens (including phenoxy) is 2. The van der Waals surface area contributed by atoms with Crippen LogP contribution in [-0.4, -0.2) is 41.0 Å². The number of amides is 1. The molecule has 0 aromatic rings. The molecule has 0 unspecified atom stereocenters. The Morgan fingerprint density at radius 1 is 0.750 bits per heavy atom. The van der Waals surface area contributed by atoms with E-state index in [1.807, 2.05) is 0 Å². The SMILES string of the molecule is CC(C)(NC12CCC(NC(=O)COC3CCCCCCCC3)(C1)C2)OC(C)(C)C1CCCCCCC1. The van der Waals surface area contributed by atoms with Crippen LogP contribution in [0.2, 0.25) is 0 Å². The van der Waals surface area contributed by atoms with E-state index in [1.165, 1.54) is 83.5 Å². The van der Waals surface area contributed by atoms with Crippen molar-refractivity contribution in [3.63, 3.8) is 0 Å². The van der Waals surface area contributed by atoms with Gasteiger partial charge in [-0.1, -0.05) is 70.6 Å². The lowest BCUT2D eigenvalue weighted by atomic mass is 9.70. The Hall–Kier alpha value is -0.650. The van der Waals surface area contributed by atoms with E-state index < -0.39 is 0 Å². The van der Waals surface area contributed by atoms with Gasteiger partial charge in [0.1, 0.15) is 12.3 Å². The Labute approximate surface area is 221 Å². The first-order valence-electron chi connectivity index (χ1n) is 15.5. The van der Waals surface area contributed by atoms with Crippen LogP contribution in [0.15, 0.2) is 0 Å². The van der Waals surface area contributed by atoms with E-state index in [9.17, 15) is 4.79 Å². The molecule has 0 atom stereocenters. The van der Waals surface area contributed by atoms with E-state index in [0.29, 0.717) is 5.92 Å². The average molecular weight is 505 g/mol.